The van der Waals surface area contributed by atoms with E-state index >= 15 is 0 Å². The van der Waals surface area contributed by atoms with E-state index in [4.69, 9.17) is 9.98 Å². The van der Waals surface area contributed by atoms with Crippen molar-refractivity contribution in [3.63, 3.8) is 0 Å². The molecule has 0 saturated heterocycles. The number of hydrogen-bond acceptors (Lipinski definition) is 3. The number of nitrogens with zero attached hydrogens (tertiary/aromatic N) is 3. The summed E-state index contributed by atoms with van der Waals surface area (Å²) in [5.74, 6) is 1.64. The van der Waals surface area contributed by atoms with Crippen LogP contribution in [0.1, 0.15) is 22.9 Å². The Balaban J connectivity index is 1.20. The first kappa shape index (κ1) is 25.5. The van der Waals surface area contributed by atoms with Crippen LogP contribution in [0.2, 0.25) is 0 Å². The highest BCUT2D eigenvalue weighted by atomic mass is 15.2. The Bertz CT molecular complexity index is 2400. The molecular formula is C41H28N4. The lowest BCUT2D eigenvalue weighted by molar-refractivity contribution is 0.757. The van der Waals surface area contributed by atoms with Crippen molar-refractivity contribution in [2.24, 2.45) is 9.98 Å². The molecule has 0 radical (unpaired) electrons. The van der Waals surface area contributed by atoms with Gasteiger partial charge in [-0.3, -0.25) is 0 Å². The van der Waals surface area contributed by atoms with Crippen LogP contribution in [0.25, 0.3) is 49.0 Å². The highest BCUT2D eigenvalue weighted by molar-refractivity contribution is 6.16. The number of nitrogens with one attached hydrogen (secondary N) is 1. The molecule has 0 bridgehead atoms. The number of hydrogen-bond donors (Lipinski definition) is 1. The summed E-state index contributed by atoms with van der Waals surface area (Å²) >= 11 is 0. The van der Waals surface area contributed by atoms with Crippen LogP contribution in [-0.2, 0) is 0 Å². The van der Waals surface area contributed by atoms with Gasteiger partial charge in [0.2, 0.25) is 0 Å². The molecule has 7 aromatic carbocycles. The standard InChI is InChI=1S/C41H28N4/c1-3-11-28(12-4-1)39-42-40(29-13-5-2-6-14-29)44-41(43-39)32-20-19-27-21-22-34(24-33(27)23-32)45-37-18-10-9-17-35(37)36-25-30-15-7-8-16-31(30)26-38(36)45/h1-26,41H,(H,42,43,44). The third kappa shape index (κ3) is 4.38. The van der Waals surface area contributed by atoms with E-state index in [0.29, 0.717) is 0 Å². The molecule has 1 aromatic heterocycles. The van der Waals surface area contributed by atoms with Crippen molar-refractivity contribution in [1.82, 2.24) is 9.88 Å². The summed E-state index contributed by atoms with van der Waals surface area (Å²) in [4.78, 5) is 10.2. The van der Waals surface area contributed by atoms with Gasteiger partial charge in [-0.25, -0.2) is 9.98 Å². The SMILES string of the molecule is c1ccc(C2=NC(c3ccc4ccc(-n5c6ccccc6c6cc7ccccc7cc65)cc4c3)N=C(c3ccccc3)N2)cc1. The van der Waals surface area contributed by atoms with Crippen molar-refractivity contribution < 1.29 is 0 Å². The maximum Gasteiger partial charge on any atom is 0.169 e. The summed E-state index contributed by atoms with van der Waals surface area (Å²) in [6.45, 7) is 0. The summed E-state index contributed by atoms with van der Waals surface area (Å²) < 4.78 is 2.39. The van der Waals surface area contributed by atoms with Gasteiger partial charge in [0.05, 0.1) is 11.0 Å². The summed E-state index contributed by atoms with van der Waals surface area (Å²) in [6, 6.07) is 55.8. The molecule has 0 saturated carbocycles. The zero-order chi connectivity index (χ0) is 29.7. The molecule has 0 spiro atoms. The highest BCUT2D eigenvalue weighted by Gasteiger charge is 2.21. The third-order valence-electron chi connectivity index (χ3n) is 8.78. The molecule has 1 aliphatic heterocycles. The van der Waals surface area contributed by atoms with Crippen molar-refractivity contribution in [1.29, 1.82) is 0 Å². The van der Waals surface area contributed by atoms with Crippen LogP contribution in [0.15, 0.2) is 168 Å². The molecule has 1 aliphatic rings. The minimum absolute atomic E-state index is 0.371. The van der Waals surface area contributed by atoms with Crippen molar-refractivity contribution >= 4 is 55.0 Å². The van der Waals surface area contributed by atoms with E-state index in [1.807, 2.05) is 36.4 Å². The van der Waals surface area contributed by atoms with Crippen LogP contribution in [0, 0.1) is 0 Å². The quantitative estimate of drug-likeness (QED) is 0.223. The molecule has 0 aliphatic carbocycles. The molecule has 4 nitrogen and oxygen atoms in total. The topological polar surface area (TPSA) is 41.7 Å². The van der Waals surface area contributed by atoms with Crippen LogP contribution in [0.5, 0.6) is 0 Å². The van der Waals surface area contributed by atoms with Crippen LogP contribution in [0.4, 0.5) is 0 Å². The molecule has 212 valence electrons. The molecule has 0 fully saturated rings. The average Bonchev–Trinajstić information content (AvgIpc) is 3.43. The number of fused-ring (bicyclic) bond motifs is 5. The van der Waals surface area contributed by atoms with Crippen molar-refractivity contribution in [2.75, 3.05) is 0 Å². The number of para-hydroxylation sites is 1. The van der Waals surface area contributed by atoms with E-state index in [1.54, 1.807) is 0 Å². The smallest absolute Gasteiger partial charge is 0.169 e. The Morgan fingerprint density at radius 3 is 1.80 bits per heavy atom. The number of rotatable bonds is 4. The first-order valence-electron chi connectivity index (χ1n) is 15.3. The van der Waals surface area contributed by atoms with Gasteiger partial charge in [-0.1, -0.05) is 121 Å². The molecule has 2 heterocycles. The van der Waals surface area contributed by atoms with Crippen LogP contribution >= 0.6 is 0 Å². The van der Waals surface area contributed by atoms with Gasteiger partial charge >= 0.3 is 0 Å². The van der Waals surface area contributed by atoms with Crippen molar-refractivity contribution in [3.8, 4) is 5.69 Å². The zero-order valence-corrected chi connectivity index (χ0v) is 24.4. The molecule has 0 unspecified atom stereocenters. The van der Waals surface area contributed by atoms with E-state index in [0.717, 1.165) is 39.4 Å². The van der Waals surface area contributed by atoms with Crippen molar-refractivity contribution in [3.05, 3.63) is 174 Å². The van der Waals surface area contributed by atoms with E-state index in [9.17, 15) is 0 Å². The van der Waals surface area contributed by atoms with E-state index in [1.165, 1.54) is 38.0 Å². The van der Waals surface area contributed by atoms with Gasteiger partial charge in [0, 0.05) is 27.6 Å². The Kier molecular flexibility index (Phi) is 5.85. The zero-order valence-electron chi connectivity index (χ0n) is 24.4. The second-order valence-corrected chi connectivity index (χ2v) is 11.5. The van der Waals surface area contributed by atoms with Gasteiger partial charge in [-0.15, -0.1) is 0 Å². The maximum absolute atomic E-state index is 5.10. The second-order valence-electron chi connectivity index (χ2n) is 11.5. The Labute approximate surface area is 260 Å². The van der Waals surface area contributed by atoms with E-state index < -0.39 is 0 Å². The first-order valence-corrected chi connectivity index (χ1v) is 15.3. The minimum atomic E-state index is -0.371. The lowest BCUT2D eigenvalue weighted by Gasteiger charge is -2.22. The van der Waals surface area contributed by atoms with Crippen LogP contribution in [-0.4, -0.2) is 16.2 Å². The van der Waals surface area contributed by atoms with E-state index in [2.05, 4.69) is 131 Å². The molecule has 1 N–H and O–H groups in total. The van der Waals surface area contributed by atoms with Gasteiger partial charge in [0.25, 0.3) is 0 Å². The fourth-order valence-corrected chi connectivity index (χ4v) is 6.57. The summed E-state index contributed by atoms with van der Waals surface area (Å²) in [6.07, 6.45) is -0.371. The van der Waals surface area contributed by atoms with Gasteiger partial charge in [-0.2, -0.15) is 0 Å². The number of amidine groups is 2. The number of aromatic nitrogens is 1. The predicted octanol–water partition coefficient (Wildman–Crippen LogP) is 9.59. The number of benzene rings is 7. The fraction of sp³-hybridized carbons (Fsp3) is 0.0244. The van der Waals surface area contributed by atoms with Crippen LogP contribution < -0.4 is 5.32 Å². The van der Waals surface area contributed by atoms with Gasteiger partial charge < -0.3 is 9.88 Å². The lowest BCUT2D eigenvalue weighted by Crippen LogP contribution is -2.35. The lowest BCUT2D eigenvalue weighted by atomic mass is 10.0. The molecular weight excluding hydrogens is 548 g/mol. The maximum atomic E-state index is 5.10. The molecule has 45 heavy (non-hydrogen) atoms. The minimum Gasteiger partial charge on any atom is -0.324 e. The second kappa shape index (κ2) is 10.3. The normalized spacial score (nSPS) is 13.7. The van der Waals surface area contributed by atoms with Gasteiger partial charge in [-0.05, 0) is 63.5 Å². The summed E-state index contributed by atoms with van der Waals surface area (Å²) in [5, 5.41) is 10.8. The Hall–Kier alpha value is -6.00. The largest absolute Gasteiger partial charge is 0.324 e. The number of aliphatic imine (C=N–C) groups is 2. The molecule has 0 amide bonds. The highest BCUT2D eigenvalue weighted by Crippen LogP contribution is 2.36. The summed E-state index contributed by atoms with van der Waals surface area (Å²) in [7, 11) is 0. The summed E-state index contributed by atoms with van der Waals surface area (Å²) in [5.41, 5.74) is 6.66. The monoisotopic (exact) mass is 576 g/mol. The molecule has 4 heteroatoms. The van der Waals surface area contributed by atoms with E-state index in [-0.39, 0.29) is 6.17 Å². The Morgan fingerprint density at radius 1 is 0.444 bits per heavy atom. The first-order chi connectivity index (χ1) is 22.3. The molecule has 0 atom stereocenters. The van der Waals surface area contributed by atoms with Gasteiger partial charge in [0.15, 0.2) is 6.17 Å². The molecule has 8 aromatic rings. The van der Waals surface area contributed by atoms with Crippen LogP contribution in [0.3, 0.4) is 0 Å². The average molecular weight is 577 g/mol. The van der Waals surface area contributed by atoms with Crippen molar-refractivity contribution in [2.45, 2.75) is 6.17 Å². The van der Waals surface area contributed by atoms with Gasteiger partial charge in [0.1, 0.15) is 11.7 Å². The Morgan fingerprint density at radius 2 is 1.07 bits per heavy atom. The predicted molar refractivity (Wildman–Crippen MR) is 188 cm³/mol. The fourth-order valence-electron chi connectivity index (χ4n) is 6.57. The third-order valence-corrected chi connectivity index (χ3v) is 8.78. The molecule has 9 rings (SSSR count).